The minimum absolute atomic E-state index is 0.229. The lowest BCUT2D eigenvalue weighted by Crippen LogP contribution is -2.61. The van der Waals surface area contributed by atoms with Gasteiger partial charge in [0, 0.05) is 0 Å². The van der Waals surface area contributed by atoms with Crippen LogP contribution in [0.1, 0.15) is 52.4 Å². The summed E-state index contributed by atoms with van der Waals surface area (Å²) in [5.41, 5.74) is -0.671. The van der Waals surface area contributed by atoms with Gasteiger partial charge in [-0.05, 0) is 12.8 Å². The molecule has 0 aromatic heterocycles. The number of rotatable bonds is 6. The highest BCUT2D eigenvalue weighted by Crippen LogP contribution is 2.34. The molecule has 5 heteroatoms. The molecule has 0 bridgehead atoms. The normalized spacial score (nSPS) is 18.8. The van der Waals surface area contributed by atoms with Crippen molar-refractivity contribution >= 4 is 29.1 Å². The van der Waals surface area contributed by atoms with E-state index >= 15 is 0 Å². The van der Waals surface area contributed by atoms with E-state index in [2.05, 4.69) is 24.5 Å². The Labute approximate surface area is 108 Å². The number of amides is 3. The summed E-state index contributed by atoms with van der Waals surface area (Å²) in [6.07, 6.45) is 5.33. The van der Waals surface area contributed by atoms with Crippen molar-refractivity contribution in [2.24, 2.45) is 5.41 Å². The van der Waals surface area contributed by atoms with Crippen LogP contribution in [0.25, 0.3) is 0 Å². The molecule has 0 unspecified atom stereocenters. The number of carbonyl (C=O) groups excluding carboxylic acids is 2. The average Bonchev–Trinajstić information content (AvgIpc) is 2.27. The van der Waals surface area contributed by atoms with Gasteiger partial charge < -0.3 is 5.32 Å². The number of unbranched alkanes of at least 4 members (excludes halogenated alkanes) is 2. The maximum absolute atomic E-state index is 12.1. The molecule has 96 valence electrons. The third-order valence-electron chi connectivity index (χ3n) is 3.24. The number of nitrogens with one attached hydrogen (secondary N) is 2. The molecule has 0 aliphatic carbocycles. The topological polar surface area (TPSA) is 58.2 Å². The van der Waals surface area contributed by atoms with E-state index < -0.39 is 11.4 Å². The summed E-state index contributed by atoms with van der Waals surface area (Å²) in [7, 11) is 0. The van der Waals surface area contributed by atoms with E-state index in [1.807, 2.05) is 0 Å². The van der Waals surface area contributed by atoms with Crippen LogP contribution in [0.15, 0.2) is 0 Å². The van der Waals surface area contributed by atoms with Gasteiger partial charge >= 0.3 is 6.03 Å². The lowest BCUT2D eigenvalue weighted by molar-refractivity contribution is -0.127. The van der Waals surface area contributed by atoms with Crippen molar-refractivity contribution in [2.75, 3.05) is 0 Å². The van der Waals surface area contributed by atoms with Crippen molar-refractivity contribution in [2.45, 2.75) is 52.4 Å². The van der Waals surface area contributed by atoms with E-state index in [0.717, 1.165) is 25.7 Å². The fraction of sp³-hybridized carbons (Fsp3) is 0.750. The van der Waals surface area contributed by atoms with Crippen molar-refractivity contribution in [1.82, 2.24) is 10.6 Å². The number of hydrogen-bond acceptors (Lipinski definition) is 3. The fourth-order valence-electron chi connectivity index (χ4n) is 2.12. The molecule has 0 radical (unpaired) electrons. The summed E-state index contributed by atoms with van der Waals surface area (Å²) in [6, 6.07) is -0.497. The van der Waals surface area contributed by atoms with E-state index in [1.165, 1.54) is 0 Å². The molecule has 3 amide bonds. The minimum atomic E-state index is -0.671. The molecule has 0 spiro atoms. The molecule has 4 nitrogen and oxygen atoms in total. The third kappa shape index (κ3) is 3.03. The molecule has 0 saturated carbocycles. The lowest BCUT2D eigenvalue weighted by Gasteiger charge is -2.36. The van der Waals surface area contributed by atoms with Crippen LogP contribution in [-0.4, -0.2) is 16.9 Å². The van der Waals surface area contributed by atoms with E-state index in [9.17, 15) is 9.59 Å². The smallest absolute Gasteiger partial charge is 0.301 e. The zero-order chi connectivity index (χ0) is 12.9. The van der Waals surface area contributed by atoms with E-state index in [-0.39, 0.29) is 5.91 Å². The van der Waals surface area contributed by atoms with Gasteiger partial charge in [0.1, 0.15) is 5.41 Å². The SMILES string of the molecule is CCCCC1(CCCC)C(=O)NC(=O)NC1=S. The van der Waals surface area contributed by atoms with Crippen molar-refractivity contribution in [3.63, 3.8) is 0 Å². The third-order valence-corrected chi connectivity index (χ3v) is 3.73. The first-order valence-electron chi connectivity index (χ1n) is 6.23. The van der Waals surface area contributed by atoms with Crippen molar-refractivity contribution in [1.29, 1.82) is 0 Å². The molecule has 2 N–H and O–H groups in total. The van der Waals surface area contributed by atoms with Crippen LogP contribution >= 0.6 is 12.2 Å². The second-order valence-corrected chi connectivity index (χ2v) is 4.93. The summed E-state index contributed by atoms with van der Waals surface area (Å²) in [4.78, 5) is 23.7. The van der Waals surface area contributed by atoms with Crippen molar-refractivity contribution in [3.05, 3.63) is 0 Å². The van der Waals surface area contributed by atoms with Crippen LogP contribution in [0.5, 0.6) is 0 Å². The molecule has 17 heavy (non-hydrogen) atoms. The maximum Gasteiger partial charge on any atom is 0.326 e. The first-order valence-corrected chi connectivity index (χ1v) is 6.64. The predicted octanol–water partition coefficient (Wildman–Crippen LogP) is 2.52. The highest BCUT2D eigenvalue weighted by atomic mass is 32.1. The molecule has 0 atom stereocenters. The van der Waals surface area contributed by atoms with Crippen LogP contribution in [0, 0.1) is 5.41 Å². The van der Waals surface area contributed by atoms with Gasteiger partial charge in [0.15, 0.2) is 0 Å². The Kier molecular flexibility index (Phi) is 5.05. The summed E-state index contributed by atoms with van der Waals surface area (Å²) in [5.74, 6) is -0.229. The van der Waals surface area contributed by atoms with Gasteiger partial charge in [-0.2, -0.15) is 0 Å². The Morgan fingerprint density at radius 1 is 1.06 bits per heavy atom. The zero-order valence-electron chi connectivity index (χ0n) is 10.5. The second kappa shape index (κ2) is 6.10. The molecule has 1 rings (SSSR count). The molecule has 1 saturated heterocycles. The molecule has 0 aromatic carbocycles. The van der Waals surface area contributed by atoms with Gasteiger partial charge in [0.05, 0.1) is 4.99 Å². The lowest BCUT2D eigenvalue weighted by atomic mass is 9.76. The van der Waals surface area contributed by atoms with Crippen molar-refractivity contribution < 1.29 is 9.59 Å². The van der Waals surface area contributed by atoms with E-state index in [1.54, 1.807) is 0 Å². The number of urea groups is 1. The predicted molar refractivity (Wildman–Crippen MR) is 70.8 cm³/mol. The van der Waals surface area contributed by atoms with Crippen LogP contribution in [0.2, 0.25) is 0 Å². The minimum Gasteiger partial charge on any atom is -0.301 e. The van der Waals surface area contributed by atoms with Gasteiger partial charge in [0.25, 0.3) is 0 Å². The second-order valence-electron chi connectivity index (χ2n) is 4.53. The standard InChI is InChI=1S/C12H20N2O2S/c1-3-5-7-12(8-6-4-2)9(15)13-11(16)14-10(12)17/h3-8H2,1-2H3,(H2,13,14,15,16,17). The zero-order valence-corrected chi connectivity index (χ0v) is 11.3. The molecular formula is C12H20N2O2S. The van der Waals surface area contributed by atoms with Gasteiger partial charge in [-0.25, -0.2) is 4.79 Å². The molecule has 1 heterocycles. The van der Waals surface area contributed by atoms with Crippen LogP contribution in [-0.2, 0) is 4.79 Å². The molecule has 1 aliphatic rings. The number of hydrogen-bond donors (Lipinski definition) is 2. The molecule has 0 aromatic rings. The largest absolute Gasteiger partial charge is 0.326 e. The Bertz CT molecular complexity index is 298. The molecule has 1 aliphatic heterocycles. The quantitative estimate of drug-likeness (QED) is 0.718. The Morgan fingerprint density at radius 2 is 1.59 bits per heavy atom. The first kappa shape index (κ1) is 14.1. The number of carbonyl (C=O) groups is 2. The average molecular weight is 256 g/mol. The monoisotopic (exact) mass is 256 g/mol. The van der Waals surface area contributed by atoms with Gasteiger partial charge in [0.2, 0.25) is 5.91 Å². The maximum atomic E-state index is 12.1. The number of imide groups is 1. The first-order chi connectivity index (χ1) is 8.06. The summed E-state index contributed by atoms with van der Waals surface area (Å²) < 4.78 is 0. The Balaban J connectivity index is 2.89. The highest BCUT2D eigenvalue weighted by molar-refractivity contribution is 7.80. The fourth-order valence-corrected chi connectivity index (χ4v) is 2.51. The van der Waals surface area contributed by atoms with Gasteiger partial charge in [-0.1, -0.05) is 51.7 Å². The van der Waals surface area contributed by atoms with E-state index in [0.29, 0.717) is 17.8 Å². The molecular weight excluding hydrogens is 236 g/mol. The Morgan fingerprint density at radius 3 is 2.00 bits per heavy atom. The number of thiocarbonyl (C=S) groups is 1. The molecule has 1 fully saturated rings. The van der Waals surface area contributed by atoms with Crippen molar-refractivity contribution in [3.8, 4) is 0 Å². The van der Waals surface area contributed by atoms with Gasteiger partial charge in [-0.3, -0.25) is 10.1 Å². The van der Waals surface area contributed by atoms with Crippen LogP contribution < -0.4 is 10.6 Å². The Hall–Kier alpha value is -0.970. The summed E-state index contributed by atoms with van der Waals surface area (Å²) >= 11 is 5.23. The van der Waals surface area contributed by atoms with Crippen LogP contribution in [0.4, 0.5) is 4.79 Å². The van der Waals surface area contributed by atoms with Gasteiger partial charge in [-0.15, -0.1) is 0 Å². The van der Waals surface area contributed by atoms with E-state index in [4.69, 9.17) is 12.2 Å². The summed E-state index contributed by atoms with van der Waals surface area (Å²) in [5, 5.41) is 4.92. The summed E-state index contributed by atoms with van der Waals surface area (Å²) in [6.45, 7) is 4.16. The highest BCUT2D eigenvalue weighted by Gasteiger charge is 2.45. The van der Waals surface area contributed by atoms with Crippen LogP contribution in [0.3, 0.4) is 0 Å².